The molecule has 12 heavy (non-hydrogen) atoms. The third kappa shape index (κ3) is 1.63. The van der Waals surface area contributed by atoms with Crippen LogP contribution in [0.1, 0.15) is 25.7 Å². The predicted molar refractivity (Wildman–Crippen MR) is 47.5 cm³/mol. The monoisotopic (exact) mass is 170 g/mol. The lowest BCUT2D eigenvalue weighted by Gasteiger charge is -2.31. The van der Waals surface area contributed by atoms with Gasteiger partial charge in [-0.2, -0.15) is 0 Å². The fraction of sp³-hybridized carbons (Fsp3) is 1.00. The second kappa shape index (κ2) is 3.73. The summed E-state index contributed by atoms with van der Waals surface area (Å²) in [5.41, 5.74) is 0. The third-order valence-corrected chi connectivity index (χ3v) is 3.15. The van der Waals surface area contributed by atoms with E-state index in [9.17, 15) is 0 Å². The fourth-order valence-corrected chi connectivity index (χ4v) is 2.42. The number of hydrazine groups is 1. The van der Waals surface area contributed by atoms with E-state index in [-0.39, 0.29) is 0 Å². The molecule has 2 heterocycles. The highest BCUT2D eigenvalue weighted by atomic mass is 16.5. The van der Waals surface area contributed by atoms with Gasteiger partial charge in [-0.25, -0.2) is 5.01 Å². The Kier molecular flexibility index (Phi) is 2.63. The lowest BCUT2D eigenvalue weighted by Crippen LogP contribution is -2.42. The van der Waals surface area contributed by atoms with E-state index in [1.807, 2.05) is 5.01 Å². The molecule has 0 aromatic carbocycles. The molecule has 2 N–H and O–H groups in total. The minimum Gasteiger partial charge on any atom is -0.381 e. The van der Waals surface area contributed by atoms with Crippen LogP contribution in [0.15, 0.2) is 0 Å². The number of hydrogen-bond acceptors (Lipinski definition) is 3. The summed E-state index contributed by atoms with van der Waals surface area (Å²) < 4.78 is 5.34. The molecule has 3 nitrogen and oxygen atoms in total. The average molecular weight is 170 g/mol. The van der Waals surface area contributed by atoms with E-state index >= 15 is 0 Å². The van der Waals surface area contributed by atoms with Gasteiger partial charge in [0.25, 0.3) is 0 Å². The normalized spacial score (nSPS) is 34.2. The summed E-state index contributed by atoms with van der Waals surface area (Å²) in [6.45, 7) is 2.96. The summed E-state index contributed by atoms with van der Waals surface area (Å²) in [6.07, 6.45) is 4.98. The van der Waals surface area contributed by atoms with Gasteiger partial charge in [0.15, 0.2) is 0 Å². The summed E-state index contributed by atoms with van der Waals surface area (Å²) in [4.78, 5) is 0. The first kappa shape index (κ1) is 8.48. The summed E-state index contributed by atoms with van der Waals surface area (Å²) in [6, 6.07) is 0.647. The Hall–Kier alpha value is -0.120. The van der Waals surface area contributed by atoms with Crippen molar-refractivity contribution in [3.05, 3.63) is 0 Å². The molecule has 2 aliphatic rings. The molecule has 0 amide bonds. The smallest absolute Gasteiger partial charge is 0.0469 e. The third-order valence-electron chi connectivity index (χ3n) is 3.15. The highest BCUT2D eigenvalue weighted by Gasteiger charge is 2.30. The van der Waals surface area contributed by atoms with E-state index in [0.717, 1.165) is 25.7 Å². The first-order valence-corrected chi connectivity index (χ1v) is 4.97. The largest absolute Gasteiger partial charge is 0.381 e. The maximum Gasteiger partial charge on any atom is 0.0469 e. The highest BCUT2D eigenvalue weighted by Crippen LogP contribution is 2.28. The summed E-state index contributed by atoms with van der Waals surface area (Å²) in [5, 5.41) is 2.04. The topological polar surface area (TPSA) is 38.5 Å². The summed E-state index contributed by atoms with van der Waals surface area (Å²) in [5.74, 6) is 6.70. The molecule has 1 atom stereocenters. The van der Waals surface area contributed by atoms with Crippen LogP contribution in [-0.2, 0) is 4.74 Å². The number of nitrogens with zero attached hydrogens (tertiary/aromatic N) is 1. The van der Waals surface area contributed by atoms with Gasteiger partial charge in [-0.15, -0.1) is 0 Å². The van der Waals surface area contributed by atoms with Crippen molar-refractivity contribution in [2.24, 2.45) is 11.8 Å². The highest BCUT2D eigenvalue weighted by molar-refractivity contribution is 4.83. The minimum atomic E-state index is 0.647. The molecule has 0 spiro atoms. The van der Waals surface area contributed by atoms with Crippen LogP contribution >= 0.6 is 0 Å². The van der Waals surface area contributed by atoms with Crippen LogP contribution in [-0.4, -0.2) is 30.8 Å². The van der Waals surface area contributed by atoms with Gasteiger partial charge in [0.2, 0.25) is 0 Å². The zero-order chi connectivity index (χ0) is 8.39. The van der Waals surface area contributed by atoms with Crippen molar-refractivity contribution in [3.63, 3.8) is 0 Å². The molecular weight excluding hydrogens is 152 g/mol. The fourth-order valence-electron chi connectivity index (χ4n) is 2.42. The molecule has 0 radical (unpaired) electrons. The van der Waals surface area contributed by atoms with E-state index in [1.165, 1.54) is 25.7 Å². The minimum absolute atomic E-state index is 0.647. The van der Waals surface area contributed by atoms with Crippen molar-refractivity contribution in [3.8, 4) is 0 Å². The zero-order valence-electron chi connectivity index (χ0n) is 7.54. The molecule has 2 rings (SSSR count). The van der Waals surface area contributed by atoms with Crippen LogP contribution in [0, 0.1) is 5.92 Å². The first-order valence-electron chi connectivity index (χ1n) is 4.97. The Morgan fingerprint density at radius 2 is 1.92 bits per heavy atom. The van der Waals surface area contributed by atoms with Crippen molar-refractivity contribution >= 4 is 0 Å². The van der Waals surface area contributed by atoms with Crippen molar-refractivity contribution in [1.29, 1.82) is 0 Å². The van der Waals surface area contributed by atoms with E-state index in [0.29, 0.717) is 6.04 Å². The van der Waals surface area contributed by atoms with Crippen LogP contribution in [0.25, 0.3) is 0 Å². The van der Waals surface area contributed by atoms with Crippen LogP contribution in [0.2, 0.25) is 0 Å². The Morgan fingerprint density at radius 1 is 1.17 bits per heavy atom. The molecule has 3 heteroatoms. The molecule has 2 fully saturated rings. The molecule has 0 bridgehead atoms. The van der Waals surface area contributed by atoms with Gasteiger partial charge in [-0.3, -0.25) is 5.84 Å². The van der Waals surface area contributed by atoms with Gasteiger partial charge in [0.1, 0.15) is 0 Å². The SMILES string of the molecule is NN1CCCC1C1CCOCC1. The molecule has 0 aromatic heterocycles. The molecule has 70 valence electrons. The van der Waals surface area contributed by atoms with Gasteiger partial charge in [-0.05, 0) is 31.6 Å². The molecule has 2 saturated heterocycles. The lowest BCUT2D eigenvalue weighted by molar-refractivity contribution is 0.0360. The van der Waals surface area contributed by atoms with Crippen molar-refractivity contribution < 1.29 is 4.74 Å². The van der Waals surface area contributed by atoms with Gasteiger partial charge in [0, 0.05) is 25.8 Å². The first-order chi connectivity index (χ1) is 5.88. The molecule has 0 aliphatic carbocycles. The van der Waals surface area contributed by atoms with E-state index in [2.05, 4.69) is 0 Å². The second-order valence-corrected chi connectivity index (χ2v) is 3.90. The number of rotatable bonds is 1. The van der Waals surface area contributed by atoms with Gasteiger partial charge in [-0.1, -0.05) is 0 Å². The average Bonchev–Trinajstić information content (AvgIpc) is 2.53. The van der Waals surface area contributed by atoms with Crippen LogP contribution in [0.4, 0.5) is 0 Å². The molecule has 0 saturated carbocycles. The Balaban J connectivity index is 1.89. The van der Waals surface area contributed by atoms with Gasteiger partial charge in [0.05, 0.1) is 0 Å². The quantitative estimate of drug-likeness (QED) is 0.590. The second-order valence-electron chi connectivity index (χ2n) is 3.90. The maximum absolute atomic E-state index is 5.90. The number of ether oxygens (including phenoxy) is 1. The summed E-state index contributed by atoms with van der Waals surface area (Å²) >= 11 is 0. The predicted octanol–water partition coefficient (Wildman–Crippen LogP) is 0.751. The van der Waals surface area contributed by atoms with Crippen LogP contribution in [0.5, 0.6) is 0 Å². The molecule has 0 aromatic rings. The van der Waals surface area contributed by atoms with Gasteiger partial charge >= 0.3 is 0 Å². The maximum atomic E-state index is 5.90. The Bertz CT molecular complexity index is 145. The van der Waals surface area contributed by atoms with Crippen molar-refractivity contribution in [2.75, 3.05) is 19.8 Å². The summed E-state index contributed by atoms with van der Waals surface area (Å²) in [7, 11) is 0. The van der Waals surface area contributed by atoms with E-state index in [4.69, 9.17) is 10.6 Å². The lowest BCUT2D eigenvalue weighted by atomic mass is 9.91. The van der Waals surface area contributed by atoms with E-state index in [1.54, 1.807) is 0 Å². The Morgan fingerprint density at radius 3 is 2.50 bits per heavy atom. The number of nitrogens with two attached hydrogens (primary N) is 1. The number of hydrogen-bond donors (Lipinski definition) is 1. The Labute approximate surface area is 73.8 Å². The zero-order valence-corrected chi connectivity index (χ0v) is 7.54. The molecular formula is C9H18N2O. The van der Waals surface area contributed by atoms with Gasteiger partial charge < -0.3 is 4.74 Å². The van der Waals surface area contributed by atoms with Crippen LogP contribution < -0.4 is 5.84 Å². The van der Waals surface area contributed by atoms with Crippen LogP contribution in [0.3, 0.4) is 0 Å². The standard InChI is InChI=1S/C9H18N2O/c10-11-5-1-2-9(11)8-3-6-12-7-4-8/h8-9H,1-7,10H2. The van der Waals surface area contributed by atoms with Crippen molar-refractivity contribution in [1.82, 2.24) is 5.01 Å². The molecule has 1 unspecified atom stereocenters. The van der Waals surface area contributed by atoms with Crippen molar-refractivity contribution in [2.45, 2.75) is 31.7 Å². The van der Waals surface area contributed by atoms with E-state index < -0.39 is 0 Å². The molecule has 2 aliphatic heterocycles.